The largest absolute Gasteiger partial charge is 0.465 e. The van der Waals surface area contributed by atoms with Crippen LogP contribution >= 0.6 is 0 Å². The number of hydrogen-bond acceptors (Lipinski definition) is 5. The van der Waals surface area contributed by atoms with E-state index in [1.54, 1.807) is 32.9 Å². The van der Waals surface area contributed by atoms with Gasteiger partial charge in [-0.2, -0.15) is 0 Å². The summed E-state index contributed by atoms with van der Waals surface area (Å²) in [6, 6.07) is 1.58. The van der Waals surface area contributed by atoms with Crippen molar-refractivity contribution in [1.29, 1.82) is 0 Å². The summed E-state index contributed by atoms with van der Waals surface area (Å²) in [5, 5.41) is 0. The van der Waals surface area contributed by atoms with Crippen LogP contribution in [0, 0.1) is 0 Å². The predicted octanol–water partition coefficient (Wildman–Crippen LogP) is 2.64. The molecular formula is C15H18N2O4. The zero-order valence-electron chi connectivity index (χ0n) is 12.5. The predicted molar refractivity (Wildman–Crippen MR) is 78.2 cm³/mol. The first-order valence-corrected chi connectivity index (χ1v) is 6.57. The average Bonchev–Trinajstić information content (AvgIpc) is 2.43. The van der Waals surface area contributed by atoms with Crippen molar-refractivity contribution in [1.82, 2.24) is 4.98 Å². The van der Waals surface area contributed by atoms with E-state index in [0.29, 0.717) is 23.5 Å². The van der Waals surface area contributed by atoms with Gasteiger partial charge in [0.25, 0.3) is 0 Å². The van der Waals surface area contributed by atoms with E-state index < -0.39 is 17.7 Å². The van der Waals surface area contributed by atoms with E-state index in [9.17, 15) is 9.59 Å². The first kappa shape index (κ1) is 15.0. The van der Waals surface area contributed by atoms with E-state index >= 15 is 0 Å². The second-order valence-corrected chi connectivity index (χ2v) is 5.61. The molecule has 1 aliphatic rings. The lowest BCUT2D eigenvalue weighted by Crippen LogP contribution is -2.38. The van der Waals surface area contributed by atoms with E-state index in [0.717, 1.165) is 0 Å². The van der Waals surface area contributed by atoms with Crippen molar-refractivity contribution in [2.24, 2.45) is 0 Å². The Bertz CT molecular complexity index is 602. The smallest absolute Gasteiger partial charge is 0.415 e. The van der Waals surface area contributed by atoms with Gasteiger partial charge in [0.2, 0.25) is 0 Å². The number of aromatic nitrogens is 1. The number of amides is 1. The Kier molecular flexibility index (Phi) is 3.97. The molecule has 0 aliphatic carbocycles. The number of carbonyl (C=O) groups is 2. The number of fused-ring (bicyclic) bond motifs is 1. The molecule has 0 unspecified atom stereocenters. The van der Waals surface area contributed by atoms with Gasteiger partial charge in [-0.3, -0.25) is 9.88 Å². The minimum absolute atomic E-state index is 0.292. The highest BCUT2D eigenvalue weighted by atomic mass is 16.6. The molecule has 0 spiro atoms. The summed E-state index contributed by atoms with van der Waals surface area (Å²) in [5.74, 6) is -0.496. The van der Waals surface area contributed by atoms with Crippen LogP contribution in [0.1, 0.15) is 36.8 Å². The topological polar surface area (TPSA) is 68.7 Å². The van der Waals surface area contributed by atoms with Crippen LogP contribution in [0.25, 0.3) is 6.08 Å². The van der Waals surface area contributed by atoms with Crippen molar-refractivity contribution in [2.45, 2.75) is 26.4 Å². The maximum absolute atomic E-state index is 12.3. The number of methoxy groups -OCH3 is 1. The summed E-state index contributed by atoms with van der Waals surface area (Å²) in [5.41, 5.74) is 0.848. The molecule has 112 valence electrons. The van der Waals surface area contributed by atoms with Crippen LogP contribution in [0.15, 0.2) is 18.3 Å². The van der Waals surface area contributed by atoms with Crippen LogP contribution in [0.5, 0.6) is 0 Å². The molecule has 0 bridgehead atoms. The summed E-state index contributed by atoms with van der Waals surface area (Å²) in [6.07, 6.45) is 4.57. The Morgan fingerprint density at radius 2 is 2.05 bits per heavy atom. The SMILES string of the molecule is COC(=O)c1cnc2c(c1)N(C(=O)OC(C)(C)C)CC=C2. The van der Waals surface area contributed by atoms with E-state index in [1.165, 1.54) is 18.2 Å². The second kappa shape index (κ2) is 5.55. The molecule has 2 heterocycles. The van der Waals surface area contributed by atoms with Crippen molar-refractivity contribution >= 4 is 23.8 Å². The molecule has 0 saturated heterocycles. The van der Waals surface area contributed by atoms with Crippen LogP contribution in [-0.4, -0.2) is 36.3 Å². The highest BCUT2D eigenvalue weighted by molar-refractivity contribution is 5.96. The molecule has 0 fully saturated rings. The Hall–Kier alpha value is -2.37. The number of esters is 1. The van der Waals surface area contributed by atoms with Gasteiger partial charge in [-0.05, 0) is 32.9 Å². The Labute approximate surface area is 123 Å². The molecule has 0 aromatic carbocycles. The molecule has 6 nitrogen and oxygen atoms in total. The minimum atomic E-state index is -0.591. The third kappa shape index (κ3) is 3.39. The average molecular weight is 290 g/mol. The van der Waals surface area contributed by atoms with E-state index in [4.69, 9.17) is 4.74 Å². The fourth-order valence-corrected chi connectivity index (χ4v) is 1.90. The molecule has 1 aliphatic heterocycles. The van der Waals surface area contributed by atoms with Crippen LogP contribution in [0.3, 0.4) is 0 Å². The molecular weight excluding hydrogens is 272 g/mol. The van der Waals surface area contributed by atoms with Crippen LogP contribution < -0.4 is 4.90 Å². The molecule has 21 heavy (non-hydrogen) atoms. The van der Waals surface area contributed by atoms with Crippen molar-refractivity contribution in [2.75, 3.05) is 18.6 Å². The molecule has 1 amide bonds. The Morgan fingerprint density at radius 1 is 1.33 bits per heavy atom. The molecule has 0 atom stereocenters. The third-order valence-corrected chi connectivity index (χ3v) is 2.79. The van der Waals surface area contributed by atoms with E-state index in [1.807, 2.05) is 6.08 Å². The van der Waals surface area contributed by atoms with Crippen molar-refractivity contribution in [3.8, 4) is 0 Å². The Morgan fingerprint density at radius 3 is 2.67 bits per heavy atom. The monoisotopic (exact) mass is 290 g/mol. The molecule has 0 N–H and O–H groups in total. The lowest BCUT2D eigenvalue weighted by atomic mass is 10.1. The number of nitrogens with zero attached hydrogens (tertiary/aromatic N) is 2. The highest BCUT2D eigenvalue weighted by Crippen LogP contribution is 2.27. The standard InChI is InChI=1S/C15H18N2O4/c1-15(2,3)21-14(19)17-7-5-6-11-12(17)8-10(9-16-11)13(18)20-4/h5-6,8-9H,7H2,1-4H3. The first-order valence-electron chi connectivity index (χ1n) is 6.57. The zero-order valence-corrected chi connectivity index (χ0v) is 12.5. The maximum Gasteiger partial charge on any atom is 0.415 e. The highest BCUT2D eigenvalue weighted by Gasteiger charge is 2.27. The van der Waals surface area contributed by atoms with Gasteiger partial charge in [0.15, 0.2) is 0 Å². The summed E-state index contributed by atoms with van der Waals surface area (Å²) in [6.45, 7) is 5.77. The van der Waals surface area contributed by atoms with Gasteiger partial charge in [0.1, 0.15) is 5.60 Å². The normalized spacial score (nSPS) is 13.6. The molecule has 6 heteroatoms. The molecule has 2 rings (SSSR count). The molecule has 0 saturated carbocycles. The zero-order chi connectivity index (χ0) is 15.6. The van der Waals surface area contributed by atoms with Crippen LogP contribution in [0.2, 0.25) is 0 Å². The van der Waals surface area contributed by atoms with Gasteiger partial charge >= 0.3 is 12.1 Å². The number of pyridine rings is 1. The van der Waals surface area contributed by atoms with Gasteiger partial charge in [0.05, 0.1) is 24.1 Å². The fraction of sp³-hybridized carbons (Fsp3) is 0.400. The molecule has 0 radical (unpaired) electrons. The first-order chi connectivity index (χ1) is 9.81. The van der Waals surface area contributed by atoms with Gasteiger partial charge < -0.3 is 9.47 Å². The second-order valence-electron chi connectivity index (χ2n) is 5.61. The Balaban J connectivity index is 2.35. The molecule has 1 aromatic heterocycles. The molecule has 1 aromatic rings. The van der Waals surface area contributed by atoms with Crippen molar-refractivity contribution < 1.29 is 19.1 Å². The number of hydrogen-bond donors (Lipinski definition) is 0. The number of carbonyl (C=O) groups excluding carboxylic acids is 2. The summed E-state index contributed by atoms with van der Waals surface area (Å²) in [7, 11) is 1.30. The van der Waals surface area contributed by atoms with Crippen molar-refractivity contribution in [3.05, 3.63) is 29.6 Å². The van der Waals surface area contributed by atoms with Crippen LogP contribution in [0.4, 0.5) is 10.5 Å². The van der Waals surface area contributed by atoms with Gasteiger partial charge in [-0.15, -0.1) is 0 Å². The van der Waals surface area contributed by atoms with Crippen LogP contribution in [-0.2, 0) is 9.47 Å². The summed E-state index contributed by atoms with van der Waals surface area (Å²) < 4.78 is 10.0. The lowest BCUT2D eigenvalue weighted by molar-refractivity contribution is 0.0575. The van der Waals surface area contributed by atoms with Crippen molar-refractivity contribution in [3.63, 3.8) is 0 Å². The lowest BCUT2D eigenvalue weighted by Gasteiger charge is -2.29. The minimum Gasteiger partial charge on any atom is -0.465 e. The quantitative estimate of drug-likeness (QED) is 0.744. The number of ether oxygens (including phenoxy) is 2. The van der Waals surface area contributed by atoms with E-state index in [2.05, 4.69) is 9.72 Å². The number of anilines is 1. The van der Waals surface area contributed by atoms with Gasteiger partial charge in [0, 0.05) is 12.7 Å². The van der Waals surface area contributed by atoms with Gasteiger partial charge in [-0.25, -0.2) is 9.59 Å². The summed E-state index contributed by atoms with van der Waals surface area (Å²) in [4.78, 5) is 29.5. The third-order valence-electron chi connectivity index (χ3n) is 2.79. The van der Waals surface area contributed by atoms with Gasteiger partial charge in [-0.1, -0.05) is 6.08 Å². The number of rotatable bonds is 1. The maximum atomic E-state index is 12.3. The summed E-state index contributed by atoms with van der Waals surface area (Å²) >= 11 is 0. The fourth-order valence-electron chi connectivity index (χ4n) is 1.90. The van der Waals surface area contributed by atoms with E-state index in [-0.39, 0.29) is 0 Å².